The molecule has 2 heterocycles. The van der Waals surface area contributed by atoms with Crippen molar-refractivity contribution >= 4 is 11.9 Å². The number of fused-ring (bicyclic) bond motifs is 1. The van der Waals surface area contributed by atoms with Gasteiger partial charge in [-0.2, -0.15) is 0 Å². The van der Waals surface area contributed by atoms with Crippen LogP contribution in [-0.2, 0) is 19.1 Å². The van der Waals surface area contributed by atoms with Crippen molar-refractivity contribution < 1.29 is 19.1 Å². The molecule has 4 fully saturated rings. The van der Waals surface area contributed by atoms with E-state index in [-0.39, 0.29) is 0 Å². The van der Waals surface area contributed by atoms with Gasteiger partial charge in [0.15, 0.2) is 0 Å². The summed E-state index contributed by atoms with van der Waals surface area (Å²) in [6.07, 6.45) is 9.71. The number of cyclic esters (lactones) is 2. The Bertz CT molecular complexity index is 814. The first-order valence-corrected chi connectivity index (χ1v) is 9.54. The maximum Gasteiger partial charge on any atom is 0.346 e. The van der Waals surface area contributed by atoms with Crippen molar-refractivity contribution in [3.8, 4) is 0 Å². The molecular weight excluding hydrogens is 316 g/mol. The third kappa shape index (κ3) is 1.33. The molecule has 1 atom stereocenters. The Balaban J connectivity index is 1.69. The molecule has 25 heavy (non-hydrogen) atoms. The molecule has 1 spiro atoms. The summed E-state index contributed by atoms with van der Waals surface area (Å²) in [6.45, 7) is 4.08. The second-order valence-electron chi connectivity index (χ2n) is 9.09. The van der Waals surface area contributed by atoms with Crippen molar-refractivity contribution in [3.63, 3.8) is 0 Å². The zero-order chi connectivity index (χ0) is 17.1. The van der Waals surface area contributed by atoms with E-state index in [1.165, 1.54) is 6.42 Å². The van der Waals surface area contributed by atoms with Crippen molar-refractivity contribution in [2.75, 3.05) is 0 Å². The van der Waals surface area contributed by atoms with Crippen LogP contribution >= 0.6 is 0 Å². The minimum Gasteiger partial charge on any atom is -0.489 e. The van der Waals surface area contributed by atoms with Gasteiger partial charge in [0, 0.05) is 5.57 Å². The molecule has 0 saturated heterocycles. The van der Waals surface area contributed by atoms with Crippen molar-refractivity contribution in [1.82, 2.24) is 0 Å². The van der Waals surface area contributed by atoms with Crippen LogP contribution in [0.5, 0.6) is 0 Å². The number of carbonyl (C=O) groups excluding carboxylic acids is 2. The molecule has 130 valence electrons. The molecule has 4 heteroatoms. The van der Waals surface area contributed by atoms with E-state index in [1.54, 1.807) is 6.26 Å². The fraction of sp³-hybridized carbons (Fsp3) is 0.619. The minimum atomic E-state index is -0.553. The highest BCUT2D eigenvalue weighted by Gasteiger charge is 2.73. The summed E-state index contributed by atoms with van der Waals surface area (Å²) in [7, 11) is 0. The van der Waals surface area contributed by atoms with Crippen LogP contribution in [-0.4, -0.2) is 17.5 Å². The monoisotopic (exact) mass is 338 g/mol. The normalized spacial score (nSPS) is 49.0. The quantitative estimate of drug-likeness (QED) is 0.501. The van der Waals surface area contributed by atoms with Crippen LogP contribution in [0.15, 0.2) is 34.6 Å². The molecule has 5 aliphatic carbocycles. The average Bonchev–Trinajstić information content (AvgIpc) is 3.08. The maximum absolute atomic E-state index is 12.9. The van der Waals surface area contributed by atoms with E-state index in [1.807, 2.05) is 13.0 Å². The number of ether oxygens (including phenoxy) is 2. The molecule has 7 aliphatic rings. The van der Waals surface area contributed by atoms with E-state index in [2.05, 4.69) is 6.92 Å². The van der Waals surface area contributed by atoms with Crippen molar-refractivity contribution in [1.29, 1.82) is 0 Å². The summed E-state index contributed by atoms with van der Waals surface area (Å²) in [6, 6.07) is 0. The lowest BCUT2D eigenvalue weighted by atomic mass is 9.37. The molecule has 0 N–H and O–H groups in total. The molecule has 0 unspecified atom stereocenters. The molecular formula is C21H22O4. The Hall–Kier alpha value is -1.84. The van der Waals surface area contributed by atoms with Crippen LogP contribution in [0, 0.1) is 29.1 Å². The maximum atomic E-state index is 12.9. The number of hydrogen-bond donors (Lipinski definition) is 0. The predicted octanol–water partition coefficient (Wildman–Crippen LogP) is 3.44. The predicted molar refractivity (Wildman–Crippen MR) is 88.9 cm³/mol. The lowest BCUT2D eigenvalue weighted by Gasteiger charge is -2.66. The van der Waals surface area contributed by atoms with Gasteiger partial charge in [0.1, 0.15) is 5.60 Å². The first-order chi connectivity index (χ1) is 12.0. The highest BCUT2D eigenvalue weighted by atomic mass is 16.6. The third-order valence-corrected chi connectivity index (χ3v) is 8.30. The van der Waals surface area contributed by atoms with Crippen molar-refractivity contribution in [2.24, 2.45) is 29.1 Å². The van der Waals surface area contributed by atoms with E-state index in [9.17, 15) is 9.59 Å². The van der Waals surface area contributed by atoms with Crippen LogP contribution < -0.4 is 0 Å². The van der Waals surface area contributed by atoms with Crippen LogP contribution in [0.1, 0.15) is 46.0 Å². The standard InChI is InChI=1S/C21H22O4/c1-10-15-3-4-24-20(15,2)21(17-16(10)18(22)25-19(17)23)13-6-11-5-12(8-13)9-14(21)7-11/h3-4,11-14H,5-9H2,1-2H3/t11?,12?,13?,14?,20-,21?/m1/s1. The Morgan fingerprint density at radius 3 is 2.28 bits per heavy atom. The summed E-state index contributed by atoms with van der Waals surface area (Å²) in [5.41, 5.74) is 2.17. The van der Waals surface area contributed by atoms with Crippen molar-refractivity contribution in [2.45, 2.75) is 51.6 Å². The Morgan fingerprint density at radius 1 is 1.00 bits per heavy atom. The lowest BCUT2D eigenvalue weighted by Crippen LogP contribution is -2.65. The van der Waals surface area contributed by atoms with E-state index >= 15 is 0 Å². The molecule has 0 radical (unpaired) electrons. The molecule has 7 rings (SSSR count). The van der Waals surface area contributed by atoms with E-state index < -0.39 is 23.0 Å². The van der Waals surface area contributed by atoms with Gasteiger partial charge >= 0.3 is 11.9 Å². The number of esters is 2. The van der Waals surface area contributed by atoms with Gasteiger partial charge in [-0.3, -0.25) is 0 Å². The van der Waals surface area contributed by atoms with Gasteiger partial charge in [0.25, 0.3) is 0 Å². The fourth-order valence-corrected chi connectivity index (χ4v) is 7.86. The molecule has 0 aromatic carbocycles. The zero-order valence-corrected chi connectivity index (χ0v) is 14.6. The average molecular weight is 338 g/mol. The molecule has 4 saturated carbocycles. The number of hydrogen-bond acceptors (Lipinski definition) is 4. The first kappa shape index (κ1) is 14.3. The molecule has 4 nitrogen and oxygen atoms in total. The second kappa shape index (κ2) is 4.11. The minimum absolute atomic E-state index is 0.403. The van der Waals surface area contributed by atoms with E-state index in [0.717, 1.165) is 48.7 Å². The van der Waals surface area contributed by atoms with E-state index in [4.69, 9.17) is 9.47 Å². The SMILES string of the molecule is CC1=C2C=CO[C@@]2(C)C2(C3=C1C(=O)OC3=O)C1CC3CC(C1)CC2C3. The Labute approximate surface area is 146 Å². The highest BCUT2D eigenvalue weighted by Crippen LogP contribution is 2.73. The summed E-state index contributed by atoms with van der Waals surface area (Å²) in [4.78, 5) is 25.4. The zero-order valence-electron chi connectivity index (χ0n) is 14.6. The molecule has 0 amide bonds. The fourth-order valence-electron chi connectivity index (χ4n) is 7.86. The first-order valence-electron chi connectivity index (χ1n) is 9.54. The van der Waals surface area contributed by atoms with Gasteiger partial charge in [0.05, 0.1) is 22.8 Å². The van der Waals surface area contributed by atoms with Crippen LogP contribution in [0.25, 0.3) is 0 Å². The molecule has 0 aromatic rings. The van der Waals surface area contributed by atoms with Gasteiger partial charge in [-0.25, -0.2) is 9.59 Å². The number of rotatable bonds is 0. The summed E-state index contributed by atoms with van der Waals surface area (Å²) < 4.78 is 11.4. The van der Waals surface area contributed by atoms with Crippen LogP contribution in [0.4, 0.5) is 0 Å². The van der Waals surface area contributed by atoms with Crippen LogP contribution in [0.2, 0.25) is 0 Å². The number of carbonyl (C=O) groups is 2. The van der Waals surface area contributed by atoms with Crippen LogP contribution in [0.3, 0.4) is 0 Å². The second-order valence-corrected chi connectivity index (χ2v) is 9.09. The lowest BCUT2D eigenvalue weighted by molar-refractivity contribution is -0.179. The van der Waals surface area contributed by atoms with Gasteiger partial charge in [-0.15, -0.1) is 0 Å². The third-order valence-electron chi connectivity index (χ3n) is 8.30. The molecule has 4 bridgehead atoms. The van der Waals surface area contributed by atoms with Gasteiger partial charge in [0.2, 0.25) is 0 Å². The molecule has 0 aromatic heterocycles. The van der Waals surface area contributed by atoms with Crippen molar-refractivity contribution in [3.05, 3.63) is 34.6 Å². The Morgan fingerprint density at radius 2 is 1.64 bits per heavy atom. The van der Waals surface area contributed by atoms with Gasteiger partial charge < -0.3 is 9.47 Å². The van der Waals surface area contributed by atoms with E-state index in [0.29, 0.717) is 23.0 Å². The summed E-state index contributed by atoms with van der Waals surface area (Å²) >= 11 is 0. The smallest absolute Gasteiger partial charge is 0.346 e. The Kier molecular flexibility index (Phi) is 2.36. The highest BCUT2D eigenvalue weighted by molar-refractivity contribution is 6.16. The molecule has 2 aliphatic heterocycles. The summed E-state index contributed by atoms with van der Waals surface area (Å²) in [5.74, 6) is 1.49. The van der Waals surface area contributed by atoms with Gasteiger partial charge in [-0.05, 0) is 81.3 Å². The summed E-state index contributed by atoms with van der Waals surface area (Å²) in [5, 5.41) is 0. The van der Waals surface area contributed by atoms with Gasteiger partial charge in [-0.1, -0.05) is 0 Å². The largest absolute Gasteiger partial charge is 0.489 e. The topological polar surface area (TPSA) is 52.6 Å².